The van der Waals surface area contributed by atoms with E-state index in [1.54, 1.807) is 0 Å². The fraction of sp³-hybridized carbons (Fsp3) is 0.889. The highest BCUT2D eigenvalue weighted by Crippen LogP contribution is 2.29. The predicted octanol–water partition coefficient (Wildman–Crippen LogP) is 4.01. The van der Waals surface area contributed by atoms with Gasteiger partial charge < -0.3 is 9.47 Å². The standard InChI is InChI=1S/C18H30O4/c19-17-7-5-3-1-2-4-6-8-18(20)22-14-16-11-9-15(10-12-16)13-21-17/h15-16H,1-14H2. The van der Waals surface area contributed by atoms with Crippen LogP contribution >= 0.6 is 0 Å². The molecule has 22 heavy (non-hydrogen) atoms. The summed E-state index contributed by atoms with van der Waals surface area (Å²) in [6, 6.07) is 0. The number of hydrogen-bond acceptors (Lipinski definition) is 4. The van der Waals surface area contributed by atoms with Crippen LogP contribution in [0.4, 0.5) is 0 Å². The van der Waals surface area contributed by atoms with Gasteiger partial charge in [0.25, 0.3) is 0 Å². The first-order valence-corrected chi connectivity index (χ1v) is 9.05. The van der Waals surface area contributed by atoms with Gasteiger partial charge in [0, 0.05) is 12.8 Å². The quantitative estimate of drug-likeness (QED) is 0.634. The fourth-order valence-corrected chi connectivity index (χ4v) is 3.38. The third-order valence-electron chi connectivity index (χ3n) is 4.94. The summed E-state index contributed by atoms with van der Waals surface area (Å²) in [5.74, 6) is 0.930. The van der Waals surface area contributed by atoms with Crippen molar-refractivity contribution < 1.29 is 19.1 Å². The zero-order valence-electron chi connectivity index (χ0n) is 13.7. The lowest BCUT2D eigenvalue weighted by Crippen LogP contribution is -2.23. The molecule has 0 radical (unpaired) electrons. The van der Waals surface area contributed by atoms with Crippen molar-refractivity contribution >= 4 is 11.9 Å². The average Bonchev–Trinajstić information content (AvgIpc) is 2.53. The lowest BCUT2D eigenvalue weighted by molar-refractivity contribution is -0.147. The molecule has 2 bridgehead atoms. The second-order valence-electron chi connectivity index (χ2n) is 6.87. The van der Waals surface area contributed by atoms with Crippen LogP contribution in [0.2, 0.25) is 0 Å². The number of rotatable bonds is 0. The van der Waals surface area contributed by atoms with Gasteiger partial charge in [0.1, 0.15) is 0 Å². The zero-order chi connectivity index (χ0) is 15.6. The molecule has 0 aromatic carbocycles. The molecule has 0 spiro atoms. The molecule has 3 aliphatic rings. The zero-order valence-corrected chi connectivity index (χ0v) is 13.7. The van der Waals surface area contributed by atoms with E-state index in [0.717, 1.165) is 64.2 Å². The van der Waals surface area contributed by atoms with Crippen molar-refractivity contribution in [2.75, 3.05) is 13.2 Å². The summed E-state index contributed by atoms with van der Waals surface area (Å²) in [7, 11) is 0. The van der Waals surface area contributed by atoms with Gasteiger partial charge in [0.05, 0.1) is 13.2 Å². The normalized spacial score (nSPS) is 30.0. The second kappa shape index (κ2) is 9.86. The van der Waals surface area contributed by atoms with E-state index in [2.05, 4.69) is 0 Å². The molecular weight excluding hydrogens is 280 g/mol. The van der Waals surface area contributed by atoms with E-state index < -0.39 is 0 Å². The van der Waals surface area contributed by atoms with Gasteiger partial charge in [-0.05, 0) is 50.4 Å². The van der Waals surface area contributed by atoms with Crippen molar-refractivity contribution in [2.45, 2.75) is 77.0 Å². The molecule has 0 aromatic rings. The highest BCUT2D eigenvalue weighted by molar-refractivity contribution is 5.69. The Hall–Kier alpha value is -1.06. The van der Waals surface area contributed by atoms with Crippen LogP contribution in [-0.4, -0.2) is 25.2 Å². The Bertz CT molecular complexity index is 311. The first kappa shape index (κ1) is 17.3. The molecule has 0 unspecified atom stereocenters. The van der Waals surface area contributed by atoms with Crippen LogP contribution in [0.15, 0.2) is 0 Å². The molecule has 3 fully saturated rings. The van der Waals surface area contributed by atoms with E-state index in [4.69, 9.17) is 9.47 Å². The first-order chi connectivity index (χ1) is 10.7. The van der Waals surface area contributed by atoms with E-state index >= 15 is 0 Å². The first-order valence-electron chi connectivity index (χ1n) is 9.05. The maximum atomic E-state index is 11.7. The van der Waals surface area contributed by atoms with Crippen molar-refractivity contribution in [3.8, 4) is 0 Å². The smallest absolute Gasteiger partial charge is 0.305 e. The van der Waals surface area contributed by atoms with E-state index in [9.17, 15) is 9.59 Å². The Morgan fingerprint density at radius 1 is 0.591 bits per heavy atom. The third-order valence-corrected chi connectivity index (χ3v) is 4.94. The molecule has 126 valence electrons. The summed E-state index contributed by atoms with van der Waals surface area (Å²) in [5, 5.41) is 0. The number of esters is 2. The topological polar surface area (TPSA) is 52.6 Å². The Morgan fingerprint density at radius 3 is 1.36 bits per heavy atom. The number of fused-ring (bicyclic) bond motifs is 15. The van der Waals surface area contributed by atoms with Crippen LogP contribution in [0.25, 0.3) is 0 Å². The van der Waals surface area contributed by atoms with E-state index in [-0.39, 0.29) is 11.9 Å². The van der Waals surface area contributed by atoms with E-state index in [1.807, 2.05) is 0 Å². The van der Waals surface area contributed by atoms with Gasteiger partial charge in [-0.25, -0.2) is 0 Å². The van der Waals surface area contributed by atoms with Crippen LogP contribution in [0.3, 0.4) is 0 Å². The van der Waals surface area contributed by atoms with Crippen LogP contribution in [-0.2, 0) is 19.1 Å². The molecule has 1 aliphatic carbocycles. The average molecular weight is 310 g/mol. The lowest BCUT2D eigenvalue weighted by Gasteiger charge is -2.27. The molecular formula is C18H30O4. The minimum Gasteiger partial charge on any atom is -0.465 e. The monoisotopic (exact) mass is 310 g/mol. The SMILES string of the molecule is O=C1CCCCCCCCC(=O)OCC2CCC(CC2)CO1. The molecule has 3 rings (SSSR count). The van der Waals surface area contributed by atoms with Gasteiger partial charge >= 0.3 is 11.9 Å². The fourth-order valence-electron chi connectivity index (χ4n) is 3.38. The number of carbonyl (C=O) groups excluding carboxylic acids is 2. The van der Waals surface area contributed by atoms with Crippen LogP contribution in [0, 0.1) is 11.8 Å². The maximum Gasteiger partial charge on any atom is 0.305 e. The van der Waals surface area contributed by atoms with Gasteiger partial charge in [-0.1, -0.05) is 25.7 Å². The number of hydrogen-bond donors (Lipinski definition) is 0. The van der Waals surface area contributed by atoms with Gasteiger partial charge in [-0.15, -0.1) is 0 Å². The van der Waals surface area contributed by atoms with E-state index in [0.29, 0.717) is 37.9 Å². The summed E-state index contributed by atoms with van der Waals surface area (Å²) < 4.78 is 10.8. The molecule has 2 saturated heterocycles. The van der Waals surface area contributed by atoms with Gasteiger partial charge in [0.15, 0.2) is 0 Å². The molecule has 4 heteroatoms. The molecule has 2 aliphatic heterocycles. The highest BCUT2D eigenvalue weighted by atomic mass is 16.5. The molecule has 0 atom stereocenters. The van der Waals surface area contributed by atoms with Crippen molar-refractivity contribution in [3.63, 3.8) is 0 Å². The number of carbonyl (C=O) groups is 2. The summed E-state index contributed by atoms with van der Waals surface area (Å²) in [4.78, 5) is 23.4. The van der Waals surface area contributed by atoms with Crippen molar-refractivity contribution in [1.82, 2.24) is 0 Å². The third kappa shape index (κ3) is 6.80. The van der Waals surface area contributed by atoms with Crippen molar-refractivity contribution in [3.05, 3.63) is 0 Å². The molecule has 1 saturated carbocycles. The molecule has 2 heterocycles. The lowest BCUT2D eigenvalue weighted by atomic mass is 9.83. The van der Waals surface area contributed by atoms with Crippen LogP contribution in [0.5, 0.6) is 0 Å². The van der Waals surface area contributed by atoms with Crippen molar-refractivity contribution in [2.24, 2.45) is 11.8 Å². The Balaban J connectivity index is 1.76. The van der Waals surface area contributed by atoms with Crippen molar-refractivity contribution in [1.29, 1.82) is 0 Å². The minimum atomic E-state index is -0.0304. The van der Waals surface area contributed by atoms with E-state index in [1.165, 1.54) is 0 Å². The Labute approximate surface area is 133 Å². The van der Waals surface area contributed by atoms with Crippen LogP contribution in [0.1, 0.15) is 77.0 Å². The van der Waals surface area contributed by atoms with Gasteiger partial charge in [0.2, 0.25) is 0 Å². The molecule has 0 amide bonds. The summed E-state index contributed by atoms with van der Waals surface area (Å²) in [6.45, 7) is 1.15. The summed E-state index contributed by atoms with van der Waals surface area (Å²) in [6.07, 6.45) is 11.7. The Kier molecular flexibility index (Phi) is 7.75. The van der Waals surface area contributed by atoms with Gasteiger partial charge in [-0.3, -0.25) is 9.59 Å². The maximum absolute atomic E-state index is 11.7. The second-order valence-corrected chi connectivity index (χ2v) is 6.87. The molecule has 4 nitrogen and oxygen atoms in total. The largest absolute Gasteiger partial charge is 0.465 e. The minimum absolute atomic E-state index is 0.0304. The predicted molar refractivity (Wildman–Crippen MR) is 84.3 cm³/mol. The molecule has 0 aromatic heterocycles. The summed E-state index contributed by atoms with van der Waals surface area (Å²) in [5.41, 5.74) is 0. The van der Waals surface area contributed by atoms with Crippen LogP contribution < -0.4 is 0 Å². The Morgan fingerprint density at radius 2 is 0.955 bits per heavy atom. The summed E-state index contributed by atoms with van der Waals surface area (Å²) >= 11 is 0. The molecule has 0 N–H and O–H groups in total. The number of ether oxygens (including phenoxy) is 2. The highest BCUT2D eigenvalue weighted by Gasteiger charge is 2.23. The van der Waals surface area contributed by atoms with Gasteiger partial charge in [-0.2, -0.15) is 0 Å².